The fraction of sp³-hybridized carbons (Fsp3) is 0.304. The van der Waals surface area contributed by atoms with Crippen LogP contribution in [-0.2, 0) is 10.2 Å². The molecule has 0 saturated heterocycles. The molecule has 0 radical (unpaired) electrons. The summed E-state index contributed by atoms with van der Waals surface area (Å²) in [5, 5.41) is 0. The van der Waals surface area contributed by atoms with Crippen LogP contribution in [0.4, 0.5) is 0 Å². The highest BCUT2D eigenvalue weighted by atomic mass is 16.5. The Morgan fingerprint density at radius 3 is 2.38 bits per heavy atom. The van der Waals surface area contributed by atoms with E-state index in [4.69, 9.17) is 9.47 Å². The largest absolute Gasteiger partial charge is 0.489 e. The summed E-state index contributed by atoms with van der Waals surface area (Å²) in [6.07, 6.45) is 2.61. The number of carbonyl (C=O) groups excluding carboxylic acids is 2. The van der Waals surface area contributed by atoms with Gasteiger partial charge < -0.3 is 9.47 Å². The summed E-state index contributed by atoms with van der Waals surface area (Å²) < 4.78 is 10.9. The van der Waals surface area contributed by atoms with E-state index >= 15 is 0 Å². The third kappa shape index (κ3) is 6.38. The highest BCUT2D eigenvalue weighted by Gasteiger charge is 2.18. The van der Waals surface area contributed by atoms with Crippen LogP contribution < -0.4 is 20.3 Å². The van der Waals surface area contributed by atoms with Crippen molar-refractivity contribution in [3.63, 3.8) is 0 Å². The number of hydrogen-bond donors (Lipinski definition) is 2. The number of rotatable bonds is 9. The maximum Gasteiger partial charge on any atom is 0.276 e. The van der Waals surface area contributed by atoms with Crippen molar-refractivity contribution in [1.82, 2.24) is 10.9 Å². The molecule has 2 rings (SSSR count). The molecular formula is C23H28N2O4. The second kappa shape index (κ2) is 10.3. The maximum atomic E-state index is 12.3. The van der Waals surface area contributed by atoms with Gasteiger partial charge in [-0.1, -0.05) is 57.7 Å². The molecule has 6 heteroatoms. The quantitative estimate of drug-likeness (QED) is 0.500. The Balaban J connectivity index is 1.84. The summed E-state index contributed by atoms with van der Waals surface area (Å²) in [6, 6.07) is 14.4. The molecule has 0 fully saturated rings. The summed E-state index contributed by atoms with van der Waals surface area (Å²) >= 11 is 0. The molecule has 0 bridgehead atoms. The molecule has 0 aliphatic heterocycles. The van der Waals surface area contributed by atoms with E-state index in [-0.39, 0.29) is 18.6 Å². The number of ether oxygens (including phenoxy) is 2. The van der Waals surface area contributed by atoms with Gasteiger partial charge in [0.25, 0.3) is 11.8 Å². The third-order valence-corrected chi connectivity index (χ3v) is 4.69. The van der Waals surface area contributed by atoms with E-state index in [1.165, 1.54) is 5.56 Å². The van der Waals surface area contributed by atoms with Crippen LogP contribution in [0.5, 0.6) is 11.5 Å². The molecule has 0 unspecified atom stereocenters. The monoisotopic (exact) mass is 396 g/mol. The average molecular weight is 396 g/mol. The van der Waals surface area contributed by atoms with Crippen molar-refractivity contribution in [3.05, 3.63) is 72.3 Å². The molecule has 0 spiro atoms. The van der Waals surface area contributed by atoms with E-state index < -0.39 is 11.8 Å². The van der Waals surface area contributed by atoms with Crippen molar-refractivity contribution in [2.45, 2.75) is 32.6 Å². The Bertz CT molecular complexity index is 844. The van der Waals surface area contributed by atoms with Gasteiger partial charge in [-0.3, -0.25) is 20.4 Å². The predicted molar refractivity (Wildman–Crippen MR) is 113 cm³/mol. The summed E-state index contributed by atoms with van der Waals surface area (Å²) in [6.45, 7) is 10.1. The van der Waals surface area contributed by atoms with Crippen molar-refractivity contribution in [3.8, 4) is 11.5 Å². The van der Waals surface area contributed by atoms with Crippen LogP contribution in [0, 0.1) is 0 Å². The van der Waals surface area contributed by atoms with Crippen LogP contribution in [-0.4, -0.2) is 25.0 Å². The molecular weight excluding hydrogens is 368 g/mol. The molecule has 29 heavy (non-hydrogen) atoms. The van der Waals surface area contributed by atoms with Gasteiger partial charge in [0.1, 0.15) is 18.1 Å². The molecule has 2 aromatic carbocycles. The minimum atomic E-state index is -0.482. The number of benzene rings is 2. The molecule has 0 saturated carbocycles. The number of nitrogens with one attached hydrogen (secondary N) is 2. The Hall–Kier alpha value is -3.28. The van der Waals surface area contributed by atoms with Gasteiger partial charge in [-0.25, -0.2) is 0 Å². The topological polar surface area (TPSA) is 76.7 Å². The number of carbonyl (C=O) groups is 2. The SMILES string of the molecule is C=CCOc1ccccc1C(=O)NNC(=O)COc1ccc(C(C)(C)CC)cc1. The molecule has 0 atom stereocenters. The van der Waals surface area contributed by atoms with Crippen LogP contribution in [0.1, 0.15) is 43.1 Å². The number of amides is 2. The molecule has 0 aromatic heterocycles. The van der Waals surface area contributed by atoms with Gasteiger partial charge in [0.15, 0.2) is 6.61 Å². The van der Waals surface area contributed by atoms with E-state index in [2.05, 4.69) is 38.2 Å². The van der Waals surface area contributed by atoms with Crippen LogP contribution in [0.25, 0.3) is 0 Å². The summed E-state index contributed by atoms with van der Waals surface area (Å²) in [7, 11) is 0. The van der Waals surface area contributed by atoms with Gasteiger partial charge in [0, 0.05) is 0 Å². The lowest BCUT2D eigenvalue weighted by Gasteiger charge is -2.23. The van der Waals surface area contributed by atoms with Crippen molar-refractivity contribution >= 4 is 11.8 Å². The Morgan fingerprint density at radius 1 is 1.03 bits per heavy atom. The highest BCUT2D eigenvalue weighted by molar-refractivity contribution is 5.97. The molecule has 2 amide bonds. The van der Waals surface area contributed by atoms with E-state index in [9.17, 15) is 9.59 Å². The summed E-state index contributed by atoms with van der Waals surface area (Å²) in [5.41, 5.74) is 6.31. The zero-order valence-electron chi connectivity index (χ0n) is 17.2. The van der Waals surface area contributed by atoms with Crippen LogP contribution in [0.2, 0.25) is 0 Å². The predicted octanol–water partition coefficient (Wildman–Crippen LogP) is 3.78. The smallest absolute Gasteiger partial charge is 0.276 e. The number of hydrogen-bond acceptors (Lipinski definition) is 4. The molecule has 0 heterocycles. The molecule has 154 valence electrons. The summed E-state index contributed by atoms with van der Waals surface area (Å²) in [5.74, 6) is 0.0424. The van der Waals surface area contributed by atoms with Gasteiger partial charge >= 0.3 is 0 Å². The van der Waals surface area contributed by atoms with E-state index in [0.717, 1.165) is 6.42 Å². The van der Waals surface area contributed by atoms with Gasteiger partial charge in [-0.2, -0.15) is 0 Å². The van der Waals surface area contributed by atoms with Crippen molar-refractivity contribution in [2.75, 3.05) is 13.2 Å². The first-order valence-corrected chi connectivity index (χ1v) is 9.52. The molecule has 0 aliphatic carbocycles. The van der Waals surface area contributed by atoms with Crippen molar-refractivity contribution in [2.24, 2.45) is 0 Å². The average Bonchev–Trinajstić information content (AvgIpc) is 2.75. The molecule has 2 N–H and O–H groups in total. The minimum Gasteiger partial charge on any atom is -0.489 e. The standard InChI is InChI=1S/C23H28N2O4/c1-5-15-28-20-10-8-7-9-19(20)22(27)25-24-21(26)16-29-18-13-11-17(12-14-18)23(3,4)6-2/h5,7-14H,1,6,15-16H2,2-4H3,(H,24,26)(H,25,27). The maximum absolute atomic E-state index is 12.3. The Kier molecular flexibility index (Phi) is 7.83. The van der Waals surface area contributed by atoms with Crippen LogP contribution in [0.3, 0.4) is 0 Å². The molecule has 2 aromatic rings. The van der Waals surface area contributed by atoms with Crippen LogP contribution >= 0.6 is 0 Å². The fourth-order valence-electron chi connectivity index (χ4n) is 2.51. The third-order valence-electron chi connectivity index (χ3n) is 4.69. The van der Waals surface area contributed by atoms with Crippen LogP contribution in [0.15, 0.2) is 61.2 Å². The van der Waals surface area contributed by atoms with E-state index in [1.54, 1.807) is 30.3 Å². The summed E-state index contributed by atoms with van der Waals surface area (Å²) in [4.78, 5) is 24.3. The first kappa shape index (κ1) is 22.0. The normalized spacial score (nSPS) is 10.7. The second-order valence-electron chi connectivity index (χ2n) is 7.15. The van der Waals surface area contributed by atoms with Gasteiger partial charge in [-0.15, -0.1) is 0 Å². The number of hydrazine groups is 1. The first-order chi connectivity index (χ1) is 13.9. The van der Waals surface area contributed by atoms with E-state index in [0.29, 0.717) is 17.1 Å². The van der Waals surface area contributed by atoms with Gasteiger partial charge in [-0.05, 0) is 41.7 Å². The minimum absolute atomic E-state index is 0.0892. The number of para-hydroxylation sites is 1. The van der Waals surface area contributed by atoms with E-state index in [1.807, 2.05) is 24.3 Å². The zero-order chi connectivity index (χ0) is 21.3. The van der Waals surface area contributed by atoms with Crippen molar-refractivity contribution < 1.29 is 19.1 Å². The van der Waals surface area contributed by atoms with Gasteiger partial charge in [0.2, 0.25) is 0 Å². The van der Waals surface area contributed by atoms with Crippen molar-refractivity contribution in [1.29, 1.82) is 0 Å². The lowest BCUT2D eigenvalue weighted by Crippen LogP contribution is -2.43. The lowest BCUT2D eigenvalue weighted by molar-refractivity contribution is -0.123. The molecule has 0 aliphatic rings. The zero-order valence-corrected chi connectivity index (χ0v) is 17.2. The highest BCUT2D eigenvalue weighted by Crippen LogP contribution is 2.28. The second-order valence-corrected chi connectivity index (χ2v) is 7.15. The Labute approximate surface area is 171 Å². The Morgan fingerprint density at radius 2 is 1.72 bits per heavy atom. The van der Waals surface area contributed by atoms with Gasteiger partial charge in [0.05, 0.1) is 5.56 Å². The first-order valence-electron chi connectivity index (χ1n) is 9.52. The fourth-order valence-corrected chi connectivity index (χ4v) is 2.51. The lowest BCUT2D eigenvalue weighted by atomic mass is 9.82. The molecule has 6 nitrogen and oxygen atoms in total.